The average Bonchev–Trinajstić information content (AvgIpc) is 3.21. The number of rotatable bonds is 8. The van der Waals surface area contributed by atoms with Crippen molar-refractivity contribution >= 4 is 29.5 Å². The molecular weight excluding hydrogens is 496 g/mol. The maximum absolute atomic E-state index is 13.5. The second-order valence-electron chi connectivity index (χ2n) is 12.1. The monoisotopic (exact) mass is 540 g/mol. The third-order valence-corrected chi connectivity index (χ3v) is 8.14. The summed E-state index contributed by atoms with van der Waals surface area (Å²) in [6.45, 7) is 9.06. The van der Waals surface area contributed by atoms with Crippen molar-refractivity contribution in [2.24, 2.45) is 0 Å². The van der Waals surface area contributed by atoms with Gasteiger partial charge in [0.25, 0.3) is 11.8 Å². The van der Waals surface area contributed by atoms with Gasteiger partial charge in [0.05, 0.1) is 0 Å². The van der Waals surface area contributed by atoms with Gasteiger partial charge in [0, 0.05) is 55.5 Å². The molecule has 1 aliphatic carbocycles. The highest BCUT2D eigenvalue weighted by atomic mass is 16.6. The van der Waals surface area contributed by atoms with E-state index in [-0.39, 0.29) is 36.3 Å². The van der Waals surface area contributed by atoms with Crippen LogP contribution in [0, 0.1) is 0 Å². The number of anilines is 1. The van der Waals surface area contributed by atoms with E-state index in [4.69, 9.17) is 4.74 Å². The van der Waals surface area contributed by atoms with E-state index in [1.165, 1.54) is 7.05 Å². The Kier molecular flexibility index (Phi) is 8.86. The van der Waals surface area contributed by atoms with Crippen molar-refractivity contribution in [3.8, 4) is 0 Å². The Hall–Kier alpha value is -3.10. The quantitative estimate of drug-likeness (QED) is 0.382. The van der Waals surface area contributed by atoms with Crippen LogP contribution in [0.5, 0.6) is 0 Å². The average molecular weight is 541 g/mol. The summed E-state index contributed by atoms with van der Waals surface area (Å²) in [5.41, 5.74) is 2.17. The number of unbranched alkanes of at least 4 members (excludes halogenated alkanes) is 2. The molecule has 0 aromatic heterocycles. The van der Waals surface area contributed by atoms with Crippen molar-refractivity contribution in [3.05, 3.63) is 29.3 Å². The fourth-order valence-corrected chi connectivity index (χ4v) is 6.08. The number of benzene rings is 1. The number of carbonyl (C=O) groups excluding carboxylic acids is 4. The van der Waals surface area contributed by atoms with Crippen LogP contribution in [0.2, 0.25) is 0 Å². The summed E-state index contributed by atoms with van der Waals surface area (Å²) in [6.07, 6.45) is 7.17. The Morgan fingerprint density at radius 1 is 1.08 bits per heavy atom. The predicted octanol–water partition coefficient (Wildman–Crippen LogP) is 4.62. The van der Waals surface area contributed by atoms with Gasteiger partial charge in [0.1, 0.15) is 11.6 Å². The third-order valence-electron chi connectivity index (χ3n) is 8.14. The zero-order valence-corrected chi connectivity index (χ0v) is 24.1. The minimum Gasteiger partial charge on any atom is -0.444 e. The Bertz CT molecular complexity index is 1090. The first-order valence-corrected chi connectivity index (χ1v) is 14.5. The van der Waals surface area contributed by atoms with Gasteiger partial charge in [-0.1, -0.05) is 25.8 Å². The van der Waals surface area contributed by atoms with Crippen molar-refractivity contribution < 1.29 is 23.9 Å². The SMILES string of the molecule is CCCCCN(c1cccc2c1CN(C1CCC(=O)N(C)C1=O)C2=O)C1CCC(NC(=O)OC(C)(C)C)CC1. The van der Waals surface area contributed by atoms with Gasteiger partial charge >= 0.3 is 6.09 Å². The number of amides is 4. The molecule has 1 atom stereocenters. The van der Waals surface area contributed by atoms with Crippen LogP contribution in [-0.4, -0.2) is 70.9 Å². The lowest BCUT2D eigenvalue weighted by molar-refractivity contribution is -0.150. The lowest BCUT2D eigenvalue weighted by Gasteiger charge is -2.39. The number of hydrogen-bond donors (Lipinski definition) is 1. The van der Waals surface area contributed by atoms with Gasteiger partial charge in [-0.3, -0.25) is 19.3 Å². The van der Waals surface area contributed by atoms with Gasteiger partial charge in [0.15, 0.2) is 0 Å². The molecule has 2 aliphatic heterocycles. The lowest BCUT2D eigenvalue weighted by atomic mass is 9.89. The smallest absolute Gasteiger partial charge is 0.407 e. The number of likely N-dealkylation sites (tertiary alicyclic amines) is 1. The van der Waals surface area contributed by atoms with E-state index in [2.05, 4.69) is 23.2 Å². The molecule has 1 unspecified atom stereocenters. The fourth-order valence-electron chi connectivity index (χ4n) is 6.08. The molecule has 1 N–H and O–H groups in total. The predicted molar refractivity (Wildman–Crippen MR) is 149 cm³/mol. The van der Waals surface area contributed by atoms with Crippen LogP contribution >= 0.6 is 0 Å². The largest absolute Gasteiger partial charge is 0.444 e. The molecule has 1 aromatic rings. The van der Waals surface area contributed by atoms with Crippen molar-refractivity contribution in [3.63, 3.8) is 0 Å². The van der Waals surface area contributed by atoms with Crippen LogP contribution in [0.15, 0.2) is 18.2 Å². The van der Waals surface area contributed by atoms with Crippen molar-refractivity contribution in [2.75, 3.05) is 18.5 Å². The molecule has 0 radical (unpaired) electrons. The highest BCUT2D eigenvalue weighted by molar-refractivity contribution is 6.06. The molecule has 0 spiro atoms. The van der Waals surface area contributed by atoms with Crippen LogP contribution in [0.4, 0.5) is 10.5 Å². The van der Waals surface area contributed by atoms with Gasteiger partial charge in [-0.05, 0) is 71.4 Å². The molecule has 4 rings (SSSR count). The van der Waals surface area contributed by atoms with Crippen LogP contribution in [-0.2, 0) is 20.9 Å². The van der Waals surface area contributed by atoms with Crippen molar-refractivity contribution in [2.45, 2.75) is 116 Å². The summed E-state index contributed by atoms with van der Waals surface area (Å²) in [7, 11) is 1.50. The fraction of sp³-hybridized carbons (Fsp3) is 0.667. The molecular formula is C30H44N4O5. The van der Waals surface area contributed by atoms with E-state index in [0.29, 0.717) is 24.6 Å². The summed E-state index contributed by atoms with van der Waals surface area (Å²) in [5, 5.41) is 3.04. The van der Waals surface area contributed by atoms with E-state index >= 15 is 0 Å². The number of nitrogens with zero attached hydrogens (tertiary/aromatic N) is 3. The molecule has 4 amide bonds. The third kappa shape index (κ3) is 6.56. The summed E-state index contributed by atoms with van der Waals surface area (Å²) < 4.78 is 5.45. The first-order chi connectivity index (χ1) is 18.5. The van der Waals surface area contributed by atoms with Gasteiger partial charge in [0.2, 0.25) is 5.91 Å². The summed E-state index contributed by atoms with van der Waals surface area (Å²) in [4.78, 5) is 56.0. The molecule has 2 fully saturated rings. The Balaban J connectivity index is 1.50. The summed E-state index contributed by atoms with van der Waals surface area (Å²) in [6, 6.07) is 5.68. The molecule has 39 heavy (non-hydrogen) atoms. The lowest BCUT2D eigenvalue weighted by Crippen LogP contribution is -2.53. The number of nitrogens with one attached hydrogen (secondary N) is 1. The Morgan fingerprint density at radius 2 is 1.79 bits per heavy atom. The molecule has 0 bridgehead atoms. The van der Waals surface area contributed by atoms with Crippen LogP contribution in [0.3, 0.4) is 0 Å². The number of carbonyl (C=O) groups is 4. The zero-order valence-electron chi connectivity index (χ0n) is 24.1. The van der Waals surface area contributed by atoms with Gasteiger partial charge in [-0.15, -0.1) is 0 Å². The number of hydrogen-bond acceptors (Lipinski definition) is 6. The second-order valence-corrected chi connectivity index (χ2v) is 12.1. The topological polar surface area (TPSA) is 99.3 Å². The van der Waals surface area contributed by atoms with E-state index in [9.17, 15) is 19.2 Å². The number of piperidine rings is 1. The van der Waals surface area contributed by atoms with E-state index in [1.54, 1.807) is 4.90 Å². The summed E-state index contributed by atoms with van der Waals surface area (Å²) in [5.74, 6) is -0.628. The molecule has 3 aliphatic rings. The number of alkyl carbamates (subject to hydrolysis) is 1. The molecule has 9 nitrogen and oxygen atoms in total. The van der Waals surface area contributed by atoms with Gasteiger partial charge in [-0.2, -0.15) is 0 Å². The minimum atomic E-state index is -0.608. The van der Waals surface area contributed by atoms with Gasteiger partial charge < -0.3 is 19.9 Å². The Morgan fingerprint density at radius 3 is 2.46 bits per heavy atom. The van der Waals surface area contributed by atoms with E-state index < -0.39 is 11.6 Å². The van der Waals surface area contributed by atoms with Crippen LogP contribution < -0.4 is 10.2 Å². The molecule has 2 heterocycles. The zero-order chi connectivity index (χ0) is 28.3. The molecule has 1 aromatic carbocycles. The molecule has 9 heteroatoms. The molecule has 1 saturated carbocycles. The van der Waals surface area contributed by atoms with E-state index in [1.807, 2.05) is 32.9 Å². The minimum absolute atomic E-state index is 0.0872. The number of ether oxygens (including phenoxy) is 1. The first-order valence-electron chi connectivity index (χ1n) is 14.5. The highest BCUT2D eigenvalue weighted by Crippen LogP contribution is 2.37. The second kappa shape index (κ2) is 12.0. The highest BCUT2D eigenvalue weighted by Gasteiger charge is 2.42. The molecule has 1 saturated heterocycles. The van der Waals surface area contributed by atoms with Gasteiger partial charge in [-0.25, -0.2) is 4.79 Å². The summed E-state index contributed by atoms with van der Waals surface area (Å²) >= 11 is 0. The maximum atomic E-state index is 13.5. The normalized spacial score (nSPS) is 23.6. The van der Waals surface area contributed by atoms with Crippen LogP contribution in [0.25, 0.3) is 0 Å². The maximum Gasteiger partial charge on any atom is 0.407 e. The number of likely N-dealkylation sites (N-methyl/N-ethyl adjacent to an activating group) is 1. The number of imide groups is 1. The molecule has 214 valence electrons. The van der Waals surface area contributed by atoms with Crippen molar-refractivity contribution in [1.29, 1.82) is 0 Å². The number of fused-ring (bicyclic) bond motifs is 1. The van der Waals surface area contributed by atoms with E-state index in [0.717, 1.165) is 67.6 Å². The van der Waals surface area contributed by atoms with Crippen LogP contribution in [0.1, 0.15) is 101 Å². The standard InChI is InChI=1S/C30H44N4O5/c1-6-7-8-18-33(21-14-12-20(13-15-21)31-29(38)39-30(2,3)4)24-11-9-10-22-23(24)19-34(27(22)36)25-16-17-26(35)32(5)28(25)37/h9-11,20-21,25H,6-8,12-19H2,1-5H3,(H,31,38). The first kappa shape index (κ1) is 28.9. The Labute approximate surface area is 232 Å². The van der Waals surface area contributed by atoms with Crippen molar-refractivity contribution in [1.82, 2.24) is 15.1 Å².